The lowest BCUT2D eigenvalue weighted by Crippen LogP contribution is -2.36. The summed E-state index contributed by atoms with van der Waals surface area (Å²) in [5.41, 5.74) is 4.94. The Labute approximate surface area is 226 Å². The van der Waals surface area contributed by atoms with Gasteiger partial charge in [0.2, 0.25) is 0 Å². The number of carbonyl (C=O) groups excluding carboxylic acids is 1. The number of hydrogen-bond donors (Lipinski definition) is 1. The lowest BCUT2D eigenvalue weighted by Gasteiger charge is -2.29. The number of halogens is 1. The van der Waals surface area contributed by atoms with Crippen molar-refractivity contribution in [3.63, 3.8) is 0 Å². The maximum absolute atomic E-state index is 13.7. The molecule has 0 bridgehead atoms. The summed E-state index contributed by atoms with van der Waals surface area (Å²) >= 11 is 6.14. The number of ether oxygens (including phenoxy) is 3. The van der Waals surface area contributed by atoms with E-state index < -0.39 is 0 Å². The minimum absolute atomic E-state index is 0.00720. The number of hydrogen-bond acceptors (Lipinski definition) is 5. The summed E-state index contributed by atoms with van der Waals surface area (Å²) in [4.78, 5) is 15.6. The molecule has 2 atom stereocenters. The first kappa shape index (κ1) is 24.5. The molecule has 4 aromatic rings. The van der Waals surface area contributed by atoms with E-state index in [1.165, 1.54) is 0 Å². The van der Waals surface area contributed by atoms with Gasteiger partial charge in [0.1, 0.15) is 12.3 Å². The number of nitrogens with zero attached hydrogens (tertiary/aromatic N) is 2. The number of H-pyrrole nitrogens is 1. The van der Waals surface area contributed by atoms with Crippen molar-refractivity contribution < 1.29 is 19.0 Å². The van der Waals surface area contributed by atoms with E-state index in [0.717, 1.165) is 47.4 Å². The highest BCUT2D eigenvalue weighted by atomic mass is 35.5. The van der Waals surface area contributed by atoms with Crippen molar-refractivity contribution in [2.45, 2.75) is 31.6 Å². The molecular weight excluding hydrogens is 502 g/mol. The summed E-state index contributed by atoms with van der Waals surface area (Å²) in [5, 5.41) is 8.20. The topological polar surface area (TPSA) is 76.7 Å². The van der Waals surface area contributed by atoms with Crippen molar-refractivity contribution in [3.05, 3.63) is 100 Å². The van der Waals surface area contributed by atoms with Gasteiger partial charge in [-0.3, -0.25) is 9.89 Å². The number of rotatable bonds is 8. The molecule has 1 saturated heterocycles. The van der Waals surface area contributed by atoms with Gasteiger partial charge in [-0.05, 0) is 48.2 Å². The van der Waals surface area contributed by atoms with E-state index in [9.17, 15) is 4.79 Å². The molecule has 38 heavy (non-hydrogen) atoms. The molecule has 0 radical (unpaired) electrons. The first-order chi connectivity index (χ1) is 18.6. The first-order valence-corrected chi connectivity index (χ1v) is 13.1. The Bertz CT molecular complexity index is 1430. The molecule has 1 N–H and O–H groups in total. The van der Waals surface area contributed by atoms with Gasteiger partial charge < -0.3 is 19.1 Å². The van der Waals surface area contributed by atoms with Crippen LogP contribution < -0.4 is 9.47 Å². The molecule has 7 nitrogen and oxygen atoms in total. The fraction of sp³-hybridized carbons (Fsp3) is 0.267. The van der Waals surface area contributed by atoms with E-state index in [1.54, 1.807) is 7.11 Å². The van der Waals surface area contributed by atoms with Gasteiger partial charge in [0.05, 0.1) is 24.9 Å². The van der Waals surface area contributed by atoms with Gasteiger partial charge in [-0.15, -0.1) is 0 Å². The summed E-state index contributed by atoms with van der Waals surface area (Å²) in [7, 11) is 1.63. The fourth-order valence-corrected chi connectivity index (χ4v) is 5.40. The molecular formula is C30H28ClN3O4. The Balaban J connectivity index is 1.38. The highest BCUT2D eigenvalue weighted by molar-refractivity contribution is 6.30. The zero-order chi connectivity index (χ0) is 26.1. The molecule has 2 unspecified atom stereocenters. The quantitative estimate of drug-likeness (QED) is 0.301. The number of aromatic nitrogens is 2. The third-order valence-corrected chi connectivity index (χ3v) is 7.40. The van der Waals surface area contributed by atoms with Crippen LogP contribution in [-0.4, -0.2) is 47.4 Å². The summed E-state index contributed by atoms with van der Waals surface area (Å²) in [6, 6.07) is 23.0. The minimum atomic E-state index is -0.358. The third-order valence-electron chi connectivity index (χ3n) is 7.15. The minimum Gasteiger partial charge on any atom is -0.493 e. The Hall–Kier alpha value is -3.81. The molecule has 1 fully saturated rings. The van der Waals surface area contributed by atoms with Crippen molar-refractivity contribution in [2.75, 3.05) is 20.3 Å². The lowest BCUT2D eigenvalue weighted by molar-refractivity contribution is 0.0495. The maximum Gasteiger partial charge on any atom is 0.273 e. The van der Waals surface area contributed by atoms with E-state index in [1.807, 2.05) is 77.7 Å². The Morgan fingerprint density at radius 3 is 2.63 bits per heavy atom. The van der Waals surface area contributed by atoms with Crippen molar-refractivity contribution >= 4 is 17.5 Å². The predicted molar refractivity (Wildman–Crippen MR) is 145 cm³/mol. The third kappa shape index (κ3) is 4.64. The van der Waals surface area contributed by atoms with Crippen LogP contribution in [-0.2, 0) is 11.3 Å². The van der Waals surface area contributed by atoms with Crippen molar-refractivity contribution in [3.8, 4) is 22.8 Å². The number of benzene rings is 3. The molecule has 6 rings (SSSR count). The average Bonchev–Trinajstić information content (AvgIpc) is 3.68. The number of nitrogens with one attached hydrogen (secondary N) is 1. The standard InChI is InChI=1S/C30H28ClN3O4/c1-36-25-16-21(11-14-24(25)38-18-19-6-3-2-4-7-19)29-26-27(20-9-12-22(31)13-10-20)32-33-28(26)30(35)34(29)17-23-8-5-15-37-23/h2-4,6-7,9-14,16,23,29H,5,8,15,17-18H2,1H3,(H,32,33). The monoisotopic (exact) mass is 529 g/mol. The average molecular weight is 530 g/mol. The van der Waals surface area contributed by atoms with Gasteiger partial charge in [0.15, 0.2) is 11.5 Å². The van der Waals surface area contributed by atoms with Crippen LogP contribution in [0.5, 0.6) is 11.5 Å². The zero-order valence-electron chi connectivity index (χ0n) is 21.0. The van der Waals surface area contributed by atoms with Crippen molar-refractivity contribution in [1.29, 1.82) is 0 Å². The van der Waals surface area contributed by atoms with Gasteiger partial charge in [0.25, 0.3) is 5.91 Å². The van der Waals surface area contributed by atoms with E-state index >= 15 is 0 Å². The number of methoxy groups -OCH3 is 1. The molecule has 8 heteroatoms. The van der Waals surface area contributed by atoms with Crippen LogP contribution in [0.4, 0.5) is 0 Å². The number of fused-ring (bicyclic) bond motifs is 1. The van der Waals surface area contributed by atoms with Gasteiger partial charge in [-0.1, -0.05) is 60.1 Å². The Morgan fingerprint density at radius 2 is 1.89 bits per heavy atom. The summed E-state index contributed by atoms with van der Waals surface area (Å²) in [6.45, 7) is 1.65. The lowest BCUT2D eigenvalue weighted by atomic mass is 9.95. The first-order valence-electron chi connectivity index (χ1n) is 12.7. The summed E-state index contributed by atoms with van der Waals surface area (Å²) in [6.07, 6.45) is 1.94. The largest absolute Gasteiger partial charge is 0.493 e. The van der Waals surface area contributed by atoms with Crippen LogP contribution in [0.25, 0.3) is 11.3 Å². The van der Waals surface area contributed by atoms with Crippen LogP contribution in [0.3, 0.4) is 0 Å². The van der Waals surface area contributed by atoms with Gasteiger partial charge in [-0.25, -0.2) is 0 Å². The molecule has 3 heterocycles. The van der Waals surface area contributed by atoms with E-state index in [0.29, 0.717) is 35.4 Å². The van der Waals surface area contributed by atoms with Crippen LogP contribution >= 0.6 is 11.6 Å². The van der Waals surface area contributed by atoms with Crippen LogP contribution in [0.2, 0.25) is 5.02 Å². The Kier molecular flexibility index (Phi) is 6.79. The molecule has 3 aromatic carbocycles. The molecule has 1 aromatic heterocycles. The molecule has 2 aliphatic rings. The van der Waals surface area contributed by atoms with Crippen LogP contribution in [0.1, 0.15) is 46.1 Å². The highest BCUT2D eigenvalue weighted by Gasteiger charge is 2.43. The highest BCUT2D eigenvalue weighted by Crippen LogP contribution is 2.45. The maximum atomic E-state index is 13.7. The van der Waals surface area contributed by atoms with E-state index in [4.69, 9.17) is 25.8 Å². The molecule has 0 saturated carbocycles. The van der Waals surface area contributed by atoms with Gasteiger partial charge in [0, 0.05) is 29.3 Å². The molecule has 0 spiro atoms. The van der Waals surface area contributed by atoms with Gasteiger partial charge >= 0.3 is 0 Å². The van der Waals surface area contributed by atoms with Crippen LogP contribution in [0.15, 0.2) is 72.8 Å². The predicted octanol–water partition coefficient (Wildman–Crippen LogP) is 6.04. The van der Waals surface area contributed by atoms with E-state index in [2.05, 4.69) is 10.2 Å². The normalized spacial score (nSPS) is 18.6. The second kappa shape index (κ2) is 10.5. The Morgan fingerprint density at radius 1 is 1.08 bits per heavy atom. The number of aromatic amines is 1. The zero-order valence-corrected chi connectivity index (χ0v) is 21.8. The van der Waals surface area contributed by atoms with E-state index in [-0.39, 0.29) is 18.1 Å². The second-order valence-electron chi connectivity index (χ2n) is 9.55. The van der Waals surface area contributed by atoms with Gasteiger partial charge in [-0.2, -0.15) is 5.10 Å². The molecule has 194 valence electrons. The fourth-order valence-electron chi connectivity index (χ4n) is 5.28. The number of amides is 1. The van der Waals surface area contributed by atoms with Crippen molar-refractivity contribution in [1.82, 2.24) is 15.1 Å². The SMILES string of the molecule is COc1cc(C2c3c(-c4ccc(Cl)cc4)n[nH]c3C(=O)N2CC2CCCO2)ccc1OCc1ccccc1. The second-order valence-corrected chi connectivity index (χ2v) is 9.98. The van der Waals surface area contributed by atoms with Crippen LogP contribution in [0, 0.1) is 0 Å². The summed E-state index contributed by atoms with van der Waals surface area (Å²) < 4.78 is 17.7. The van der Waals surface area contributed by atoms with Crippen molar-refractivity contribution in [2.24, 2.45) is 0 Å². The summed E-state index contributed by atoms with van der Waals surface area (Å²) in [5.74, 6) is 1.16. The molecule has 0 aliphatic carbocycles. The molecule has 2 aliphatic heterocycles. The number of carbonyl (C=O) groups is 1. The molecule has 1 amide bonds. The smallest absolute Gasteiger partial charge is 0.273 e.